The highest BCUT2D eigenvalue weighted by Crippen LogP contribution is 2.25. The number of hydrogen-bond donors (Lipinski definition) is 0. The number of carbonyl (C=O) groups is 2. The Morgan fingerprint density at radius 1 is 1.07 bits per heavy atom. The van der Waals surface area contributed by atoms with Crippen molar-refractivity contribution in [2.24, 2.45) is 0 Å². The van der Waals surface area contributed by atoms with E-state index < -0.39 is 43.3 Å². The number of benzene rings is 2. The van der Waals surface area contributed by atoms with Gasteiger partial charge < -0.3 is 18.9 Å². The molecule has 1 fully saturated rings. The molecule has 0 saturated carbocycles. The third-order valence-electron chi connectivity index (χ3n) is 3.81. The minimum absolute atomic E-state index is 0.0970. The number of carbonyl (C=O) groups excluding carboxylic acids is 2. The van der Waals surface area contributed by atoms with Gasteiger partial charge in [-0.15, -0.1) is 0 Å². The molecule has 1 aliphatic rings. The summed E-state index contributed by atoms with van der Waals surface area (Å²) in [5.41, 5.74) is 1.37. The lowest BCUT2D eigenvalue weighted by molar-refractivity contribution is -0.128. The molecule has 1 unspecified atom stereocenters. The van der Waals surface area contributed by atoms with Gasteiger partial charge >= 0.3 is 11.9 Å². The normalized spacial score (nSPS) is 35.2. The van der Waals surface area contributed by atoms with E-state index in [0.29, 0.717) is 0 Å². The molecule has 2 aromatic carbocycles. The molecular weight excluding hydrogens is 360 g/mol. The predicted octanol–water partition coefficient (Wildman–Crippen LogP) is 3.45. The number of rotatable bonds is 6. The maximum atomic E-state index is 12.8. The Morgan fingerprint density at radius 2 is 1.61 bits per heavy atom. The molecule has 0 amide bonds. The lowest BCUT2D eigenvalue weighted by Crippen LogP contribution is -2.32. The third kappa shape index (κ3) is 4.97. The zero-order valence-corrected chi connectivity index (χ0v) is 15.6. The topological polar surface area (TPSA) is 71.1 Å². The zero-order valence-electron chi connectivity index (χ0n) is 22.6. The van der Waals surface area contributed by atoms with E-state index in [2.05, 4.69) is 0 Å². The number of ether oxygens (including phenoxy) is 4. The molecule has 148 valence electrons. The molecule has 6 heteroatoms. The van der Waals surface area contributed by atoms with Crippen molar-refractivity contribution >= 4 is 11.9 Å². The van der Waals surface area contributed by atoms with Crippen molar-refractivity contribution in [3.8, 4) is 0 Å². The first kappa shape index (κ1) is 12.7. The average molecular weight is 391 g/mol. The minimum Gasteiger partial charge on any atom is -0.459 e. The Morgan fingerprint density at radius 3 is 2.14 bits per heavy atom. The molecule has 0 aliphatic carbocycles. The van der Waals surface area contributed by atoms with Crippen LogP contribution in [0.5, 0.6) is 0 Å². The maximum Gasteiger partial charge on any atom is 0.338 e. The van der Waals surface area contributed by atoms with E-state index in [1.165, 1.54) is 24.3 Å². The van der Waals surface area contributed by atoms with Crippen molar-refractivity contribution in [3.05, 3.63) is 70.8 Å². The Balaban J connectivity index is 2.05. The van der Waals surface area contributed by atoms with E-state index >= 15 is 0 Å². The summed E-state index contributed by atoms with van der Waals surface area (Å²) in [7, 11) is 0.840. The van der Waals surface area contributed by atoms with E-state index in [0.717, 1.165) is 18.2 Å². The second-order valence-corrected chi connectivity index (χ2v) is 5.99. The number of methoxy groups -OCH3 is 1. The summed E-state index contributed by atoms with van der Waals surface area (Å²) in [5.74, 6) is -2.54. The first-order valence-electron chi connectivity index (χ1n) is 11.9. The van der Waals surface area contributed by atoms with Crippen LogP contribution in [-0.4, -0.2) is 44.0 Å². The van der Waals surface area contributed by atoms with Crippen LogP contribution in [0.1, 0.15) is 47.8 Å². The van der Waals surface area contributed by atoms with E-state index in [1.807, 2.05) is 0 Å². The van der Waals surface area contributed by atoms with Gasteiger partial charge in [-0.3, -0.25) is 0 Å². The van der Waals surface area contributed by atoms with Gasteiger partial charge in [0.15, 0.2) is 6.27 Å². The molecule has 0 radical (unpaired) electrons. The molecule has 1 saturated heterocycles. The Labute approximate surface area is 174 Å². The van der Waals surface area contributed by atoms with Crippen molar-refractivity contribution in [1.82, 2.24) is 0 Å². The van der Waals surface area contributed by atoms with Crippen molar-refractivity contribution in [3.63, 3.8) is 0 Å². The van der Waals surface area contributed by atoms with Crippen LogP contribution in [0, 0.1) is 13.8 Å². The summed E-state index contributed by atoms with van der Waals surface area (Å²) in [6.45, 7) is -0.0840. The summed E-state index contributed by atoms with van der Waals surface area (Å²) in [6, 6.07) is 11.6. The second-order valence-electron chi connectivity index (χ2n) is 5.99. The van der Waals surface area contributed by atoms with Crippen LogP contribution in [-0.2, 0) is 18.9 Å². The zero-order chi connectivity index (χ0) is 26.4. The lowest BCUT2D eigenvalue weighted by atomic mass is 10.1. The highest BCUT2D eigenvalue weighted by atomic mass is 16.7. The van der Waals surface area contributed by atoms with Gasteiger partial charge in [-0.25, -0.2) is 9.59 Å². The van der Waals surface area contributed by atoms with Crippen molar-refractivity contribution in [1.29, 1.82) is 0 Å². The van der Waals surface area contributed by atoms with Gasteiger partial charge in [-0.05, 0) is 38.1 Å². The van der Waals surface area contributed by atoms with Gasteiger partial charge in [-0.2, -0.15) is 0 Å². The van der Waals surface area contributed by atoms with Gasteiger partial charge in [-0.1, -0.05) is 35.4 Å². The van der Waals surface area contributed by atoms with Gasteiger partial charge in [0.05, 0.1) is 18.0 Å². The van der Waals surface area contributed by atoms with Gasteiger partial charge in [0, 0.05) is 16.2 Å². The molecule has 28 heavy (non-hydrogen) atoms. The minimum atomic E-state index is -3.60. The molecule has 2 aromatic rings. The van der Waals surface area contributed by atoms with Crippen LogP contribution in [0.3, 0.4) is 0 Å². The van der Waals surface area contributed by atoms with Crippen molar-refractivity contribution in [2.75, 3.05) is 13.7 Å². The molecule has 0 N–H and O–H groups in total. The predicted molar refractivity (Wildman–Crippen MR) is 102 cm³/mol. The summed E-state index contributed by atoms with van der Waals surface area (Å²) >= 11 is 0. The molecule has 3 atom stereocenters. The molecule has 1 heterocycles. The quantitative estimate of drug-likeness (QED) is 0.703. The fourth-order valence-electron chi connectivity index (χ4n) is 2.23. The van der Waals surface area contributed by atoms with E-state index in [1.54, 1.807) is 38.1 Å². The summed E-state index contributed by atoms with van der Waals surface area (Å²) in [4.78, 5) is 25.4. The van der Waals surface area contributed by atoms with Crippen LogP contribution < -0.4 is 0 Å². The van der Waals surface area contributed by atoms with Crippen molar-refractivity contribution in [2.45, 2.75) is 38.6 Å². The molecule has 0 spiro atoms. The van der Waals surface area contributed by atoms with Crippen LogP contribution in [0.25, 0.3) is 0 Å². The highest BCUT2D eigenvalue weighted by Gasteiger charge is 2.39. The summed E-state index contributed by atoms with van der Waals surface area (Å²) in [5, 5.41) is 0. The highest BCUT2D eigenvalue weighted by molar-refractivity contribution is 5.90. The molecular formula is C22H24O6. The first-order chi connectivity index (χ1) is 16.0. The van der Waals surface area contributed by atoms with Crippen LogP contribution in [0.2, 0.25) is 0 Å². The Bertz CT molecular complexity index is 1120. The molecule has 0 aromatic heterocycles. The summed E-state index contributed by atoms with van der Waals surface area (Å²) in [6.07, 6.45) is -13.8. The fraction of sp³-hybridized carbons (Fsp3) is 0.364. The Hall–Kier alpha value is -2.70. The van der Waals surface area contributed by atoms with Gasteiger partial charge in [0.25, 0.3) is 0 Å². The number of aryl methyl sites for hydroxylation is 2. The number of hydrogen-bond acceptors (Lipinski definition) is 6. The molecule has 3 rings (SSSR count). The van der Waals surface area contributed by atoms with Crippen LogP contribution in [0.4, 0.5) is 0 Å². The van der Waals surface area contributed by atoms with Gasteiger partial charge in [0.1, 0.15) is 18.7 Å². The molecule has 1 aliphatic heterocycles. The third-order valence-corrected chi connectivity index (χ3v) is 3.81. The van der Waals surface area contributed by atoms with Crippen molar-refractivity contribution < 1.29 is 38.1 Å². The van der Waals surface area contributed by atoms with Crippen LogP contribution >= 0.6 is 0 Å². The first-order valence-corrected chi connectivity index (χ1v) is 8.39. The molecule has 0 bridgehead atoms. The van der Waals surface area contributed by atoms with Crippen LogP contribution in [0.15, 0.2) is 48.5 Å². The van der Waals surface area contributed by atoms with E-state index in [4.69, 9.17) is 28.5 Å². The standard InChI is InChI=1S/C22H24O6/c1-14-4-8-16(9-5-14)21(23)26-13-19-18(12-20(25-3)27-19)28-22(24)17-10-6-15(2)7-11-17/h4-11,18-20H,12-13H2,1-3H3/t18-,19+,20?/m0/s1/i12D2,13D2,18D,19D,20D. The molecule has 6 nitrogen and oxygen atoms in total. The maximum absolute atomic E-state index is 12.8. The lowest BCUT2D eigenvalue weighted by Gasteiger charge is -2.19. The monoisotopic (exact) mass is 391 g/mol. The van der Waals surface area contributed by atoms with Gasteiger partial charge in [0.2, 0.25) is 0 Å². The summed E-state index contributed by atoms with van der Waals surface area (Å²) < 4.78 is 78.4. The van der Waals surface area contributed by atoms with E-state index in [-0.39, 0.29) is 11.1 Å². The smallest absolute Gasteiger partial charge is 0.338 e. The second kappa shape index (κ2) is 8.99. The Kier molecular flexibility index (Phi) is 4.08. The largest absolute Gasteiger partial charge is 0.459 e. The average Bonchev–Trinajstić information content (AvgIpc) is 2.90. The van der Waals surface area contributed by atoms with E-state index in [9.17, 15) is 9.59 Å². The number of esters is 2. The fourth-order valence-corrected chi connectivity index (χ4v) is 2.23. The SMILES string of the molecule is [2H]C1(OC)O[C@]([2H])(C([2H])([2H])OC(=O)c2ccc(C)cc2)[C@@]([2H])(OC(=O)c2ccc(C)cc2)C1([2H])[2H].